The summed E-state index contributed by atoms with van der Waals surface area (Å²) in [5.41, 5.74) is 3.86. The molecule has 2 aliphatic heterocycles. The van der Waals surface area contributed by atoms with Crippen molar-refractivity contribution in [3.63, 3.8) is 0 Å². The number of rotatable bonds is 7. The SMILES string of the molecule is CC(=O)c1ccc(O)c(CC=C(C)C)c1.COc1c(CC(=O)c2cc3c(cc2O)OC(C)(C)C(O)C3)ccc2c1C=CC(C)(C)O2. The quantitative estimate of drug-likeness (QED) is 0.186. The molecule has 0 fully saturated rings. The average molecular weight is 629 g/mol. The zero-order valence-corrected chi connectivity index (χ0v) is 27.9. The van der Waals surface area contributed by atoms with E-state index in [0.717, 1.165) is 11.1 Å². The van der Waals surface area contributed by atoms with E-state index in [4.69, 9.17) is 14.2 Å². The molecule has 8 heteroatoms. The molecule has 0 radical (unpaired) electrons. The highest BCUT2D eigenvalue weighted by molar-refractivity contribution is 6.01. The molecule has 3 aromatic rings. The van der Waals surface area contributed by atoms with Gasteiger partial charge >= 0.3 is 0 Å². The maximum absolute atomic E-state index is 13.1. The second-order valence-electron chi connectivity index (χ2n) is 13.1. The number of aromatic hydroxyl groups is 2. The summed E-state index contributed by atoms with van der Waals surface area (Å²) >= 11 is 0. The summed E-state index contributed by atoms with van der Waals surface area (Å²) in [6.07, 6.45) is 6.28. The Labute approximate surface area is 271 Å². The van der Waals surface area contributed by atoms with Crippen molar-refractivity contribution in [2.75, 3.05) is 7.11 Å². The van der Waals surface area contributed by atoms with Crippen molar-refractivity contribution >= 4 is 17.6 Å². The van der Waals surface area contributed by atoms with Crippen LogP contribution in [0.2, 0.25) is 0 Å². The molecule has 0 aromatic heterocycles. The van der Waals surface area contributed by atoms with Gasteiger partial charge < -0.3 is 29.5 Å². The fraction of sp³-hybridized carbons (Fsp3) is 0.368. The summed E-state index contributed by atoms with van der Waals surface area (Å²) in [6.45, 7) is 13.1. The minimum atomic E-state index is -0.758. The zero-order chi connectivity index (χ0) is 34.0. The average Bonchev–Trinajstić information content (AvgIpc) is 2.96. The van der Waals surface area contributed by atoms with Gasteiger partial charge in [-0.05, 0) is 108 Å². The number of hydrogen-bond donors (Lipinski definition) is 3. The van der Waals surface area contributed by atoms with Gasteiger partial charge in [0.1, 0.15) is 39.9 Å². The van der Waals surface area contributed by atoms with E-state index in [1.165, 1.54) is 18.6 Å². The number of Topliss-reactive ketones (excluding diaryl/α,β-unsaturated/α-hetero) is 2. The number of phenols is 2. The summed E-state index contributed by atoms with van der Waals surface area (Å²) < 4.78 is 17.4. The van der Waals surface area contributed by atoms with Gasteiger partial charge in [-0.1, -0.05) is 17.7 Å². The van der Waals surface area contributed by atoms with E-state index < -0.39 is 17.3 Å². The molecule has 0 aliphatic carbocycles. The van der Waals surface area contributed by atoms with Crippen molar-refractivity contribution in [3.8, 4) is 28.7 Å². The number of methoxy groups -OCH3 is 1. The first kappa shape index (κ1) is 34.3. The van der Waals surface area contributed by atoms with Crippen LogP contribution in [0.1, 0.15) is 91.4 Å². The molecule has 46 heavy (non-hydrogen) atoms. The van der Waals surface area contributed by atoms with Crippen molar-refractivity contribution in [2.24, 2.45) is 0 Å². The monoisotopic (exact) mass is 628 g/mol. The maximum atomic E-state index is 13.1. The van der Waals surface area contributed by atoms with Crippen LogP contribution in [0.15, 0.2) is 60.2 Å². The van der Waals surface area contributed by atoms with E-state index in [1.807, 2.05) is 58.1 Å². The first-order valence-electron chi connectivity index (χ1n) is 15.3. The van der Waals surface area contributed by atoms with Gasteiger partial charge in [0.05, 0.1) is 24.3 Å². The lowest BCUT2D eigenvalue weighted by Gasteiger charge is -2.37. The Balaban J connectivity index is 0.000000270. The van der Waals surface area contributed by atoms with Crippen molar-refractivity contribution in [1.29, 1.82) is 0 Å². The molecule has 1 unspecified atom stereocenters. The Kier molecular flexibility index (Phi) is 10.0. The van der Waals surface area contributed by atoms with Crippen molar-refractivity contribution < 1.29 is 39.1 Å². The van der Waals surface area contributed by atoms with E-state index in [2.05, 4.69) is 0 Å². The Morgan fingerprint density at radius 1 is 0.935 bits per heavy atom. The third kappa shape index (κ3) is 7.80. The highest BCUT2D eigenvalue weighted by Crippen LogP contribution is 2.41. The van der Waals surface area contributed by atoms with Gasteiger partial charge in [-0.15, -0.1) is 0 Å². The first-order valence-corrected chi connectivity index (χ1v) is 15.3. The third-order valence-corrected chi connectivity index (χ3v) is 8.10. The minimum Gasteiger partial charge on any atom is -0.508 e. The molecule has 3 aromatic carbocycles. The van der Waals surface area contributed by atoms with Crippen LogP contribution in [0.25, 0.3) is 6.08 Å². The molecule has 0 saturated carbocycles. The van der Waals surface area contributed by atoms with Crippen LogP contribution in [-0.2, 0) is 19.3 Å². The Hall–Kier alpha value is -4.56. The van der Waals surface area contributed by atoms with Crippen LogP contribution in [0.5, 0.6) is 28.7 Å². The Morgan fingerprint density at radius 2 is 1.65 bits per heavy atom. The molecule has 0 bridgehead atoms. The Morgan fingerprint density at radius 3 is 2.30 bits per heavy atom. The molecule has 0 spiro atoms. The Bertz CT molecular complexity index is 1710. The second-order valence-corrected chi connectivity index (χ2v) is 13.1. The molecule has 2 heterocycles. The fourth-order valence-corrected chi connectivity index (χ4v) is 5.30. The molecule has 244 valence electrons. The lowest BCUT2D eigenvalue weighted by molar-refractivity contribution is -0.0412. The summed E-state index contributed by atoms with van der Waals surface area (Å²) in [4.78, 5) is 24.3. The summed E-state index contributed by atoms with van der Waals surface area (Å²) in [6, 6.07) is 11.7. The highest BCUT2D eigenvalue weighted by Gasteiger charge is 2.36. The molecule has 2 aliphatic rings. The molecule has 0 saturated heterocycles. The second kappa shape index (κ2) is 13.4. The molecular weight excluding hydrogens is 584 g/mol. The van der Waals surface area contributed by atoms with Crippen LogP contribution >= 0.6 is 0 Å². The number of ether oxygens (including phenoxy) is 3. The van der Waals surface area contributed by atoms with Crippen LogP contribution in [0.3, 0.4) is 0 Å². The van der Waals surface area contributed by atoms with E-state index in [9.17, 15) is 24.9 Å². The molecule has 5 rings (SSSR count). The predicted molar refractivity (Wildman–Crippen MR) is 179 cm³/mol. The van der Waals surface area contributed by atoms with Gasteiger partial charge in [-0.3, -0.25) is 9.59 Å². The van der Waals surface area contributed by atoms with Crippen LogP contribution < -0.4 is 14.2 Å². The number of carbonyl (C=O) groups excluding carboxylic acids is 2. The largest absolute Gasteiger partial charge is 0.508 e. The first-order chi connectivity index (χ1) is 21.5. The van der Waals surface area contributed by atoms with Crippen LogP contribution in [0.4, 0.5) is 0 Å². The number of aliphatic hydroxyl groups is 1. The smallest absolute Gasteiger partial charge is 0.171 e. The van der Waals surface area contributed by atoms with Crippen LogP contribution in [0, 0.1) is 0 Å². The van der Waals surface area contributed by atoms with Crippen molar-refractivity contribution in [2.45, 2.75) is 85.0 Å². The number of carbonyl (C=O) groups is 2. The zero-order valence-electron chi connectivity index (χ0n) is 27.9. The van der Waals surface area contributed by atoms with Gasteiger partial charge in [0.15, 0.2) is 11.6 Å². The fourth-order valence-electron chi connectivity index (χ4n) is 5.30. The van der Waals surface area contributed by atoms with E-state index in [1.54, 1.807) is 45.2 Å². The molecular formula is C38H44O8. The minimum absolute atomic E-state index is 0.0217. The number of benzene rings is 3. The van der Waals surface area contributed by atoms with Gasteiger partial charge in [0, 0.05) is 30.0 Å². The lowest BCUT2D eigenvalue weighted by Crippen LogP contribution is -2.46. The molecule has 8 nitrogen and oxygen atoms in total. The van der Waals surface area contributed by atoms with E-state index >= 15 is 0 Å². The van der Waals surface area contributed by atoms with Gasteiger partial charge in [0.2, 0.25) is 0 Å². The van der Waals surface area contributed by atoms with Crippen molar-refractivity contribution in [3.05, 3.63) is 93.6 Å². The number of phenolic OH excluding ortho intramolecular Hbond substituents is 2. The van der Waals surface area contributed by atoms with E-state index in [-0.39, 0.29) is 35.0 Å². The number of fused-ring (bicyclic) bond motifs is 2. The van der Waals surface area contributed by atoms with E-state index in [0.29, 0.717) is 46.8 Å². The standard InChI is InChI=1S/C25H28O6.C13H16O2/c1-24(2)9-8-16-20(30-24)7-6-14(23(16)29-5)11-18(26)17-10-15-12-22(28)25(3,4)31-21(15)13-19(17)27;1-9(2)4-5-12-8-11(10(3)14)6-7-13(12)15/h6-10,13,22,27-28H,11-12H2,1-5H3;4,6-8,15H,5H2,1-3H3. The van der Waals surface area contributed by atoms with Gasteiger partial charge in [-0.25, -0.2) is 0 Å². The maximum Gasteiger partial charge on any atom is 0.171 e. The summed E-state index contributed by atoms with van der Waals surface area (Å²) in [5.74, 6) is 1.64. The molecule has 1 atom stereocenters. The number of aliphatic hydroxyl groups excluding tert-OH is 1. The van der Waals surface area contributed by atoms with Crippen LogP contribution in [-0.4, -0.2) is 51.3 Å². The predicted octanol–water partition coefficient (Wildman–Crippen LogP) is 7.19. The summed E-state index contributed by atoms with van der Waals surface area (Å²) in [7, 11) is 1.56. The number of ketones is 2. The molecule has 0 amide bonds. The number of hydrogen-bond acceptors (Lipinski definition) is 8. The summed E-state index contributed by atoms with van der Waals surface area (Å²) in [5, 5.41) is 30.4. The van der Waals surface area contributed by atoms with Crippen molar-refractivity contribution in [1.82, 2.24) is 0 Å². The third-order valence-electron chi connectivity index (χ3n) is 8.10. The number of allylic oxidation sites excluding steroid dienone is 2. The lowest BCUT2D eigenvalue weighted by atomic mass is 9.89. The molecule has 3 N–H and O–H groups in total. The van der Waals surface area contributed by atoms with Gasteiger partial charge in [-0.2, -0.15) is 0 Å². The normalized spacial score (nSPS) is 16.8. The topological polar surface area (TPSA) is 123 Å². The highest BCUT2D eigenvalue weighted by atomic mass is 16.5. The van der Waals surface area contributed by atoms with Gasteiger partial charge in [0.25, 0.3) is 0 Å².